The number of hydrogen-bond acceptors (Lipinski definition) is 5. The SMILES string of the molecule is CCC.CCC(N1CCOCC1)C(CC)(CSCC(CC)(N1CCOCC1)C(C)(C)C)C(C)(C)C. The predicted molar refractivity (Wildman–Crippen MR) is 157 cm³/mol. The number of ether oxygens (including phenoxy) is 2. The van der Waals surface area contributed by atoms with Gasteiger partial charge in [0.25, 0.3) is 0 Å². The normalized spacial score (nSPS) is 23.1. The van der Waals surface area contributed by atoms with Crippen LogP contribution in [0, 0.1) is 16.2 Å². The van der Waals surface area contributed by atoms with Crippen molar-refractivity contribution in [1.82, 2.24) is 9.80 Å². The van der Waals surface area contributed by atoms with Crippen molar-refractivity contribution in [3.8, 4) is 0 Å². The van der Waals surface area contributed by atoms with Crippen LogP contribution in [0.5, 0.6) is 0 Å². The van der Waals surface area contributed by atoms with Crippen LogP contribution in [0.1, 0.15) is 102 Å². The molecule has 35 heavy (non-hydrogen) atoms. The van der Waals surface area contributed by atoms with Crippen LogP contribution in [-0.4, -0.2) is 85.5 Å². The first-order valence-corrected chi connectivity index (χ1v) is 15.8. The van der Waals surface area contributed by atoms with Crippen molar-refractivity contribution in [2.24, 2.45) is 16.2 Å². The van der Waals surface area contributed by atoms with Crippen LogP contribution in [0.15, 0.2) is 0 Å². The molecule has 3 unspecified atom stereocenters. The molecule has 0 bridgehead atoms. The molecule has 0 spiro atoms. The molecule has 0 saturated carbocycles. The van der Waals surface area contributed by atoms with Gasteiger partial charge in [0, 0.05) is 49.3 Å². The minimum atomic E-state index is 0.208. The minimum Gasteiger partial charge on any atom is -0.379 e. The van der Waals surface area contributed by atoms with Crippen molar-refractivity contribution in [1.29, 1.82) is 0 Å². The monoisotopic (exact) mass is 514 g/mol. The standard InChI is InChI=1S/C27H54N2O2S.C3H8/c1-10-23(28-13-17-30-18-14-28)26(11-2,24(4,5)6)21-32-22-27(12-3,25(7,8)9)29-15-19-31-20-16-29;1-3-2/h23H,10-22H2,1-9H3;3H2,1-2H3. The molecule has 2 saturated heterocycles. The number of thioether (sulfide) groups is 1. The van der Waals surface area contributed by atoms with Crippen molar-refractivity contribution < 1.29 is 9.47 Å². The first-order chi connectivity index (χ1) is 16.4. The molecule has 2 aliphatic heterocycles. The second-order valence-corrected chi connectivity index (χ2v) is 13.8. The Kier molecular flexibility index (Phi) is 14.2. The molecule has 0 amide bonds. The van der Waals surface area contributed by atoms with Crippen LogP contribution in [0.2, 0.25) is 0 Å². The van der Waals surface area contributed by atoms with E-state index in [1.807, 2.05) is 0 Å². The fraction of sp³-hybridized carbons (Fsp3) is 1.00. The summed E-state index contributed by atoms with van der Waals surface area (Å²) in [6, 6.07) is 0.609. The highest BCUT2D eigenvalue weighted by molar-refractivity contribution is 7.99. The molecule has 2 heterocycles. The van der Waals surface area contributed by atoms with Gasteiger partial charge in [-0.05, 0) is 35.5 Å². The number of rotatable bonds is 10. The van der Waals surface area contributed by atoms with Gasteiger partial charge >= 0.3 is 0 Å². The van der Waals surface area contributed by atoms with Crippen molar-refractivity contribution in [2.75, 3.05) is 64.1 Å². The maximum Gasteiger partial charge on any atom is 0.0594 e. The molecule has 0 aromatic rings. The molecule has 4 nitrogen and oxygen atoms in total. The molecule has 2 fully saturated rings. The third-order valence-electron chi connectivity index (χ3n) is 8.93. The molecule has 210 valence electrons. The van der Waals surface area contributed by atoms with Gasteiger partial charge in [-0.1, -0.05) is 82.6 Å². The highest BCUT2D eigenvalue weighted by atomic mass is 32.2. The van der Waals surface area contributed by atoms with Crippen molar-refractivity contribution >= 4 is 11.8 Å². The van der Waals surface area contributed by atoms with Gasteiger partial charge in [0.2, 0.25) is 0 Å². The summed E-state index contributed by atoms with van der Waals surface area (Å²) in [5.41, 5.74) is 0.978. The molecule has 0 N–H and O–H groups in total. The third-order valence-corrected chi connectivity index (χ3v) is 10.3. The highest BCUT2D eigenvalue weighted by Gasteiger charge is 2.50. The summed E-state index contributed by atoms with van der Waals surface area (Å²) >= 11 is 2.23. The Morgan fingerprint density at radius 3 is 1.54 bits per heavy atom. The van der Waals surface area contributed by atoms with Crippen LogP contribution >= 0.6 is 11.8 Å². The van der Waals surface area contributed by atoms with E-state index in [-0.39, 0.29) is 21.8 Å². The van der Waals surface area contributed by atoms with Crippen molar-refractivity contribution in [3.63, 3.8) is 0 Å². The zero-order valence-electron chi connectivity index (χ0n) is 25.6. The summed E-state index contributed by atoms with van der Waals surface area (Å²) in [6.07, 6.45) is 4.89. The fourth-order valence-corrected chi connectivity index (χ4v) is 9.05. The molecule has 3 atom stereocenters. The van der Waals surface area contributed by atoms with Crippen molar-refractivity contribution in [2.45, 2.75) is 113 Å². The first-order valence-electron chi connectivity index (χ1n) is 14.6. The molecule has 2 aliphatic rings. The van der Waals surface area contributed by atoms with E-state index in [1.165, 1.54) is 37.2 Å². The average Bonchev–Trinajstić information content (AvgIpc) is 2.81. The molecule has 0 radical (unpaired) electrons. The molecule has 0 aromatic heterocycles. The predicted octanol–water partition coefficient (Wildman–Crippen LogP) is 7.22. The van der Waals surface area contributed by atoms with E-state index in [2.05, 4.69) is 97.7 Å². The van der Waals surface area contributed by atoms with Gasteiger partial charge in [-0.3, -0.25) is 9.80 Å². The summed E-state index contributed by atoms with van der Waals surface area (Å²) in [6.45, 7) is 34.1. The van der Waals surface area contributed by atoms with Crippen LogP contribution in [0.3, 0.4) is 0 Å². The van der Waals surface area contributed by atoms with E-state index in [9.17, 15) is 0 Å². The highest BCUT2D eigenvalue weighted by Crippen LogP contribution is 2.51. The van der Waals surface area contributed by atoms with Crippen LogP contribution in [0.25, 0.3) is 0 Å². The number of morpholine rings is 2. The lowest BCUT2D eigenvalue weighted by atomic mass is 9.60. The first kappa shape index (κ1) is 33.2. The van der Waals surface area contributed by atoms with Gasteiger partial charge in [-0.25, -0.2) is 0 Å². The third kappa shape index (κ3) is 8.09. The molecule has 0 aliphatic carbocycles. The van der Waals surface area contributed by atoms with Gasteiger partial charge < -0.3 is 9.47 Å². The van der Waals surface area contributed by atoms with Crippen LogP contribution in [-0.2, 0) is 9.47 Å². The van der Waals surface area contributed by atoms with Crippen LogP contribution < -0.4 is 0 Å². The Bertz CT molecular complexity index is 562. The Morgan fingerprint density at radius 2 is 1.17 bits per heavy atom. The topological polar surface area (TPSA) is 24.9 Å². The largest absolute Gasteiger partial charge is 0.379 e. The molecular formula is C30H62N2O2S. The van der Waals surface area contributed by atoms with Gasteiger partial charge in [-0.15, -0.1) is 0 Å². The van der Waals surface area contributed by atoms with E-state index < -0.39 is 0 Å². The molecular weight excluding hydrogens is 452 g/mol. The summed E-state index contributed by atoms with van der Waals surface area (Å²) in [7, 11) is 0. The molecule has 0 aromatic carbocycles. The minimum absolute atomic E-state index is 0.208. The average molecular weight is 515 g/mol. The maximum atomic E-state index is 5.72. The van der Waals surface area contributed by atoms with Crippen LogP contribution in [0.4, 0.5) is 0 Å². The number of hydrogen-bond donors (Lipinski definition) is 0. The number of nitrogens with zero attached hydrogens (tertiary/aromatic N) is 2. The van der Waals surface area contributed by atoms with Gasteiger partial charge in [0.15, 0.2) is 0 Å². The Morgan fingerprint density at radius 1 is 0.686 bits per heavy atom. The molecule has 5 heteroatoms. The zero-order valence-corrected chi connectivity index (χ0v) is 26.4. The maximum absolute atomic E-state index is 5.72. The zero-order chi connectivity index (χ0) is 26.8. The second kappa shape index (κ2) is 15.0. The van der Waals surface area contributed by atoms with Gasteiger partial charge in [0.1, 0.15) is 0 Å². The van der Waals surface area contributed by atoms with E-state index in [1.54, 1.807) is 0 Å². The van der Waals surface area contributed by atoms with Crippen molar-refractivity contribution in [3.05, 3.63) is 0 Å². The van der Waals surface area contributed by atoms with Gasteiger partial charge in [0.05, 0.1) is 26.4 Å². The summed E-state index contributed by atoms with van der Waals surface area (Å²) in [4.78, 5) is 5.51. The van der Waals surface area contributed by atoms with E-state index in [0.717, 1.165) is 52.6 Å². The van der Waals surface area contributed by atoms with E-state index >= 15 is 0 Å². The lowest BCUT2D eigenvalue weighted by molar-refractivity contribution is -0.0606. The Hall–Kier alpha value is 0.190. The smallest absolute Gasteiger partial charge is 0.0594 e. The summed E-state index contributed by atoms with van der Waals surface area (Å²) in [5, 5.41) is 0. The fourth-order valence-electron chi connectivity index (χ4n) is 6.60. The Balaban J connectivity index is 0.00000194. The second-order valence-electron chi connectivity index (χ2n) is 12.8. The lowest BCUT2D eigenvalue weighted by Crippen LogP contribution is -2.62. The summed E-state index contributed by atoms with van der Waals surface area (Å²) < 4.78 is 11.4. The lowest BCUT2D eigenvalue weighted by Gasteiger charge is -2.56. The van der Waals surface area contributed by atoms with E-state index in [0.29, 0.717) is 6.04 Å². The quantitative estimate of drug-likeness (QED) is 0.306. The van der Waals surface area contributed by atoms with E-state index in [4.69, 9.17) is 9.47 Å². The van der Waals surface area contributed by atoms with Gasteiger partial charge in [-0.2, -0.15) is 11.8 Å². The molecule has 2 rings (SSSR count). The Labute approximate surface area is 224 Å². The summed E-state index contributed by atoms with van der Waals surface area (Å²) in [5.74, 6) is 2.43.